The van der Waals surface area contributed by atoms with Crippen molar-refractivity contribution >= 4 is 21.6 Å². The molecule has 0 amide bonds. The van der Waals surface area contributed by atoms with Gasteiger partial charge < -0.3 is 10.5 Å². The standard InChI is InChI=1S/C14H13BrFNO/c1-8-3-4-13(9(2)5-8)18-14-7-11(16)10(15)6-12(14)17/h3-7H,17H2,1-2H3. The lowest BCUT2D eigenvalue weighted by Crippen LogP contribution is -1.95. The van der Waals surface area contributed by atoms with Gasteiger partial charge in [-0.2, -0.15) is 0 Å². The van der Waals surface area contributed by atoms with Crippen molar-refractivity contribution in [3.8, 4) is 11.5 Å². The molecule has 18 heavy (non-hydrogen) atoms. The van der Waals surface area contributed by atoms with Crippen LogP contribution in [0.5, 0.6) is 11.5 Å². The van der Waals surface area contributed by atoms with Gasteiger partial charge >= 0.3 is 0 Å². The summed E-state index contributed by atoms with van der Waals surface area (Å²) in [7, 11) is 0. The maximum atomic E-state index is 13.4. The van der Waals surface area contributed by atoms with E-state index in [0.29, 0.717) is 21.7 Å². The Balaban J connectivity index is 2.37. The van der Waals surface area contributed by atoms with Crippen molar-refractivity contribution in [1.82, 2.24) is 0 Å². The van der Waals surface area contributed by atoms with E-state index in [2.05, 4.69) is 15.9 Å². The Bertz CT molecular complexity index is 599. The van der Waals surface area contributed by atoms with Gasteiger partial charge in [-0.15, -0.1) is 0 Å². The van der Waals surface area contributed by atoms with Crippen molar-refractivity contribution in [3.05, 3.63) is 51.7 Å². The molecule has 0 saturated heterocycles. The number of nitrogen functional groups attached to an aromatic ring is 1. The first-order valence-electron chi connectivity index (χ1n) is 5.47. The zero-order valence-electron chi connectivity index (χ0n) is 10.1. The summed E-state index contributed by atoms with van der Waals surface area (Å²) in [6.45, 7) is 3.94. The van der Waals surface area contributed by atoms with E-state index < -0.39 is 5.82 Å². The molecular weight excluding hydrogens is 297 g/mol. The molecule has 0 spiro atoms. The van der Waals surface area contributed by atoms with Gasteiger partial charge in [-0.25, -0.2) is 4.39 Å². The number of nitrogens with two attached hydrogens (primary N) is 1. The van der Waals surface area contributed by atoms with Gasteiger partial charge in [-0.1, -0.05) is 17.7 Å². The third kappa shape index (κ3) is 2.64. The van der Waals surface area contributed by atoms with Crippen LogP contribution in [0.2, 0.25) is 0 Å². The second kappa shape index (κ2) is 4.98. The number of hydrogen-bond acceptors (Lipinski definition) is 2. The summed E-state index contributed by atoms with van der Waals surface area (Å²) in [5.74, 6) is 0.598. The average molecular weight is 310 g/mol. The Hall–Kier alpha value is -1.55. The van der Waals surface area contributed by atoms with Gasteiger partial charge in [0.05, 0.1) is 10.2 Å². The highest BCUT2D eigenvalue weighted by atomic mass is 79.9. The van der Waals surface area contributed by atoms with E-state index in [1.165, 1.54) is 12.1 Å². The van der Waals surface area contributed by atoms with E-state index in [9.17, 15) is 4.39 Å². The molecule has 2 aromatic rings. The largest absolute Gasteiger partial charge is 0.455 e. The lowest BCUT2D eigenvalue weighted by Gasteiger charge is -2.12. The van der Waals surface area contributed by atoms with Gasteiger partial charge in [-0.05, 0) is 47.5 Å². The highest BCUT2D eigenvalue weighted by Crippen LogP contribution is 2.33. The van der Waals surface area contributed by atoms with Crippen LogP contribution in [0.3, 0.4) is 0 Å². The number of ether oxygens (including phenoxy) is 1. The first-order valence-corrected chi connectivity index (χ1v) is 6.26. The molecule has 0 saturated carbocycles. The molecule has 2 rings (SSSR count). The zero-order valence-corrected chi connectivity index (χ0v) is 11.7. The number of anilines is 1. The Labute approximate surface area is 114 Å². The molecule has 0 aromatic heterocycles. The van der Waals surface area contributed by atoms with Crippen molar-refractivity contribution in [2.45, 2.75) is 13.8 Å². The molecule has 0 aliphatic carbocycles. The summed E-state index contributed by atoms with van der Waals surface area (Å²) >= 11 is 3.08. The van der Waals surface area contributed by atoms with E-state index in [0.717, 1.165) is 11.1 Å². The second-order valence-corrected chi connectivity index (χ2v) is 5.03. The van der Waals surface area contributed by atoms with Crippen LogP contribution < -0.4 is 10.5 Å². The molecule has 0 aliphatic rings. The predicted octanol–water partition coefficient (Wildman–Crippen LogP) is 4.58. The van der Waals surface area contributed by atoms with Crippen LogP contribution in [0.15, 0.2) is 34.8 Å². The Morgan fingerprint density at radius 2 is 1.83 bits per heavy atom. The first-order chi connectivity index (χ1) is 8.47. The maximum Gasteiger partial charge on any atom is 0.153 e. The van der Waals surface area contributed by atoms with Crippen molar-refractivity contribution in [2.24, 2.45) is 0 Å². The first kappa shape index (κ1) is 12.9. The summed E-state index contributed by atoms with van der Waals surface area (Å²) in [6, 6.07) is 8.56. The molecular formula is C14H13BrFNO. The van der Waals surface area contributed by atoms with Gasteiger partial charge in [0.25, 0.3) is 0 Å². The quantitative estimate of drug-likeness (QED) is 0.824. The van der Waals surface area contributed by atoms with Crippen LogP contribution in [0.25, 0.3) is 0 Å². The molecule has 0 aliphatic heterocycles. The fraction of sp³-hybridized carbons (Fsp3) is 0.143. The smallest absolute Gasteiger partial charge is 0.153 e. The third-order valence-electron chi connectivity index (χ3n) is 2.60. The second-order valence-electron chi connectivity index (χ2n) is 4.18. The molecule has 2 N–H and O–H groups in total. The SMILES string of the molecule is Cc1ccc(Oc2cc(F)c(Br)cc2N)c(C)c1. The van der Waals surface area contributed by atoms with Crippen molar-refractivity contribution < 1.29 is 9.13 Å². The molecule has 4 heteroatoms. The molecule has 0 unspecified atom stereocenters. The van der Waals surface area contributed by atoms with Gasteiger partial charge in [0, 0.05) is 6.07 Å². The number of halogens is 2. The van der Waals surface area contributed by atoms with E-state index in [1.807, 2.05) is 32.0 Å². The molecule has 2 nitrogen and oxygen atoms in total. The lowest BCUT2D eigenvalue weighted by atomic mass is 10.1. The van der Waals surface area contributed by atoms with Crippen LogP contribution in [-0.2, 0) is 0 Å². The van der Waals surface area contributed by atoms with Gasteiger partial charge in [0.15, 0.2) is 5.75 Å². The maximum absolute atomic E-state index is 13.4. The minimum atomic E-state index is -0.399. The Kier molecular flexibility index (Phi) is 3.57. The zero-order chi connectivity index (χ0) is 13.3. The predicted molar refractivity (Wildman–Crippen MR) is 74.5 cm³/mol. The topological polar surface area (TPSA) is 35.2 Å². The minimum absolute atomic E-state index is 0.322. The van der Waals surface area contributed by atoms with E-state index in [1.54, 1.807) is 0 Å². The molecule has 0 radical (unpaired) electrons. The van der Waals surface area contributed by atoms with Crippen molar-refractivity contribution in [3.63, 3.8) is 0 Å². The van der Waals surface area contributed by atoms with Crippen molar-refractivity contribution in [2.75, 3.05) is 5.73 Å². The van der Waals surface area contributed by atoms with Crippen LogP contribution in [0, 0.1) is 19.7 Å². The summed E-state index contributed by atoms with van der Waals surface area (Å²) < 4.78 is 19.4. The van der Waals surface area contributed by atoms with Crippen LogP contribution in [0.1, 0.15) is 11.1 Å². The molecule has 0 fully saturated rings. The summed E-state index contributed by atoms with van der Waals surface area (Å²) in [6.07, 6.45) is 0. The number of benzene rings is 2. The van der Waals surface area contributed by atoms with Gasteiger partial charge in [0.1, 0.15) is 11.6 Å². The monoisotopic (exact) mass is 309 g/mol. The minimum Gasteiger partial charge on any atom is -0.455 e. The molecule has 0 bridgehead atoms. The molecule has 0 heterocycles. The highest BCUT2D eigenvalue weighted by Gasteiger charge is 2.09. The third-order valence-corrected chi connectivity index (χ3v) is 3.21. The van der Waals surface area contributed by atoms with Gasteiger partial charge in [-0.3, -0.25) is 0 Å². The van der Waals surface area contributed by atoms with E-state index >= 15 is 0 Å². The normalized spacial score (nSPS) is 10.4. The van der Waals surface area contributed by atoms with Gasteiger partial charge in [0.2, 0.25) is 0 Å². The molecule has 0 atom stereocenters. The van der Waals surface area contributed by atoms with E-state index in [-0.39, 0.29) is 0 Å². The summed E-state index contributed by atoms with van der Waals surface area (Å²) in [5, 5.41) is 0. The fourth-order valence-electron chi connectivity index (χ4n) is 1.66. The highest BCUT2D eigenvalue weighted by molar-refractivity contribution is 9.10. The molecule has 94 valence electrons. The van der Waals surface area contributed by atoms with Crippen molar-refractivity contribution in [1.29, 1.82) is 0 Å². The van der Waals surface area contributed by atoms with E-state index in [4.69, 9.17) is 10.5 Å². The summed E-state index contributed by atoms with van der Waals surface area (Å²) in [4.78, 5) is 0. The lowest BCUT2D eigenvalue weighted by molar-refractivity contribution is 0.475. The number of hydrogen-bond donors (Lipinski definition) is 1. The Morgan fingerprint density at radius 3 is 2.50 bits per heavy atom. The van der Waals surface area contributed by atoms with Crippen LogP contribution in [0.4, 0.5) is 10.1 Å². The summed E-state index contributed by atoms with van der Waals surface area (Å²) in [5.41, 5.74) is 8.32. The number of rotatable bonds is 2. The molecule has 2 aromatic carbocycles. The van der Waals surface area contributed by atoms with Crippen LogP contribution in [-0.4, -0.2) is 0 Å². The Morgan fingerprint density at radius 1 is 1.11 bits per heavy atom. The average Bonchev–Trinajstić information content (AvgIpc) is 2.29. The number of aryl methyl sites for hydroxylation is 2. The fourth-order valence-corrected chi connectivity index (χ4v) is 2.03. The van der Waals surface area contributed by atoms with Crippen LogP contribution >= 0.6 is 15.9 Å².